The largest absolute Gasteiger partial charge is 0.350 e. The lowest BCUT2D eigenvalue weighted by Crippen LogP contribution is -2.37. The van der Waals surface area contributed by atoms with Gasteiger partial charge in [0.1, 0.15) is 0 Å². The molecule has 0 saturated heterocycles. The van der Waals surface area contributed by atoms with Gasteiger partial charge in [-0.05, 0) is 35.6 Å². The number of halogens is 1. The number of amides is 2. The molecule has 0 heterocycles. The zero-order valence-corrected chi connectivity index (χ0v) is 13.9. The standard InChI is InChI=1S/C19H19ClN2O2/c20-15-8-6-13(7-9-15)11-21-18(23)12-22-19(24)17-10-16(17)14-4-2-1-3-5-14/h1-9,16-17H,10-12H2,(H,21,23)(H,22,24). The molecule has 1 aliphatic rings. The van der Waals surface area contributed by atoms with Gasteiger partial charge in [0.15, 0.2) is 0 Å². The Morgan fingerprint density at radius 1 is 1.00 bits per heavy atom. The maximum atomic E-state index is 12.1. The Bertz CT molecular complexity index is 716. The number of carbonyl (C=O) groups is 2. The quantitative estimate of drug-likeness (QED) is 0.848. The van der Waals surface area contributed by atoms with Gasteiger partial charge in [-0.25, -0.2) is 0 Å². The fraction of sp³-hybridized carbons (Fsp3) is 0.263. The van der Waals surface area contributed by atoms with Gasteiger partial charge in [0.2, 0.25) is 11.8 Å². The number of carbonyl (C=O) groups excluding carboxylic acids is 2. The zero-order chi connectivity index (χ0) is 16.9. The molecule has 3 rings (SSSR count). The molecule has 124 valence electrons. The second-order valence-electron chi connectivity index (χ2n) is 5.98. The Balaban J connectivity index is 1.39. The molecule has 2 aromatic rings. The van der Waals surface area contributed by atoms with Gasteiger partial charge in [0.05, 0.1) is 6.54 Å². The second-order valence-corrected chi connectivity index (χ2v) is 6.42. The highest BCUT2D eigenvalue weighted by Crippen LogP contribution is 2.47. The summed E-state index contributed by atoms with van der Waals surface area (Å²) in [6.07, 6.45) is 0.849. The number of rotatable bonds is 6. The van der Waals surface area contributed by atoms with Crippen LogP contribution in [0.25, 0.3) is 0 Å². The summed E-state index contributed by atoms with van der Waals surface area (Å²) in [4.78, 5) is 23.9. The number of hydrogen-bond donors (Lipinski definition) is 2. The van der Waals surface area contributed by atoms with Crippen molar-refractivity contribution in [2.75, 3.05) is 6.54 Å². The third-order valence-electron chi connectivity index (χ3n) is 4.18. The molecule has 2 atom stereocenters. The van der Waals surface area contributed by atoms with E-state index in [1.807, 2.05) is 42.5 Å². The summed E-state index contributed by atoms with van der Waals surface area (Å²) in [5, 5.41) is 6.16. The van der Waals surface area contributed by atoms with E-state index in [1.54, 1.807) is 12.1 Å². The van der Waals surface area contributed by atoms with Crippen molar-refractivity contribution in [1.29, 1.82) is 0 Å². The summed E-state index contributed by atoms with van der Waals surface area (Å²) in [6, 6.07) is 17.3. The lowest BCUT2D eigenvalue weighted by molar-refractivity contribution is -0.126. The topological polar surface area (TPSA) is 58.2 Å². The summed E-state index contributed by atoms with van der Waals surface area (Å²) in [6.45, 7) is 0.423. The van der Waals surface area contributed by atoms with Crippen LogP contribution in [-0.4, -0.2) is 18.4 Å². The van der Waals surface area contributed by atoms with Crippen LogP contribution in [-0.2, 0) is 16.1 Å². The van der Waals surface area contributed by atoms with Crippen molar-refractivity contribution < 1.29 is 9.59 Å². The Morgan fingerprint density at radius 2 is 1.71 bits per heavy atom. The van der Waals surface area contributed by atoms with Crippen molar-refractivity contribution in [1.82, 2.24) is 10.6 Å². The van der Waals surface area contributed by atoms with Gasteiger partial charge in [-0.3, -0.25) is 9.59 Å². The molecule has 2 unspecified atom stereocenters. The van der Waals surface area contributed by atoms with Crippen molar-refractivity contribution in [3.63, 3.8) is 0 Å². The van der Waals surface area contributed by atoms with Gasteiger partial charge < -0.3 is 10.6 Å². The fourth-order valence-corrected chi connectivity index (χ4v) is 2.84. The average Bonchev–Trinajstić information content (AvgIpc) is 3.41. The van der Waals surface area contributed by atoms with E-state index in [0.717, 1.165) is 12.0 Å². The van der Waals surface area contributed by atoms with Crippen LogP contribution in [0.5, 0.6) is 0 Å². The predicted molar refractivity (Wildman–Crippen MR) is 93.6 cm³/mol. The Labute approximate surface area is 146 Å². The van der Waals surface area contributed by atoms with E-state index in [1.165, 1.54) is 5.56 Å². The molecule has 2 aromatic carbocycles. The molecule has 24 heavy (non-hydrogen) atoms. The summed E-state index contributed by atoms with van der Waals surface area (Å²) >= 11 is 5.82. The molecule has 0 aromatic heterocycles. The molecule has 0 bridgehead atoms. The first-order valence-electron chi connectivity index (χ1n) is 7.97. The third kappa shape index (κ3) is 4.36. The van der Waals surface area contributed by atoms with Crippen molar-refractivity contribution >= 4 is 23.4 Å². The van der Waals surface area contributed by atoms with Gasteiger partial charge in [0, 0.05) is 17.5 Å². The van der Waals surface area contributed by atoms with Crippen molar-refractivity contribution in [2.24, 2.45) is 5.92 Å². The molecule has 0 aliphatic heterocycles. The lowest BCUT2D eigenvalue weighted by Gasteiger charge is -2.07. The van der Waals surface area contributed by atoms with E-state index in [4.69, 9.17) is 11.6 Å². The molecular formula is C19H19ClN2O2. The smallest absolute Gasteiger partial charge is 0.239 e. The number of hydrogen-bond acceptors (Lipinski definition) is 2. The maximum absolute atomic E-state index is 12.1. The molecule has 0 spiro atoms. The van der Waals surface area contributed by atoms with Gasteiger partial charge in [-0.15, -0.1) is 0 Å². The summed E-state index contributed by atoms with van der Waals surface area (Å²) < 4.78 is 0. The minimum absolute atomic E-state index is 0.00440. The lowest BCUT2D eigenvalue weighted by atomic mass is 10.1. The van der Waals surface area contributed by atoms with Crippen LogP contribution in [0.15, 0.2) is 54.6 Å². The SMILES string of the molecule is O=C(CNC(=O)C1CC1c1ccccc1)NCc1ccc(Cl)cc1. The zero-order valence-electron chi connectivity index (χ0n) is 13.2. The first-order chi connectivity index (χ1) is 11.6. The summed E-state index contributed by atoms with van der Waals surface area (Å²) in [5.41, 5.74) is 2.15. The first kappa shape index (κ1) is 16.5. The highest BCUT2D eigenvalue weighted by molar-refractivity contribution is 6.30. The summed E-state index contributed by atoms with van der Waals surface area (Å²) in [5.74, 6) is 0.0144. The van der Waals surface area contributed by atoms with Crippen LogP contribution in [0.4, 0.5) is 0 Å². The Kier molecular flexibility index (Phi) is 5.16. The highest BCUT2D eigenvalue weighted by atomic mass is 35.5. The van der Waals surface area contributed by atoms with Gasteiger partial charge in [0.25, 0.3) is 0 Å². The van der Waals surface area contributed by atoms with E-state index in [0.29, 0.717) is 11.6 Å². The minimum atomic E-state index is -0.199. The van der Waals surface area contributed by atoms with E-state index < -0.39 is 0 Å². The van der Waals surface area contributed by atoms with Crippen LogP contribution in [0.3, 0.4) is 0 Å². The average molecular weight is 343 g/mol. The Hall–Kier alpha value is -2.33. The van der Waals surface area contributed by atoms with Crippen LogP contribution in [0, 0.1) is 5.92 Å². The molecule has 0 radical (unpaired) electrons. The molecular weight excluding hydrogens is 324 g/mol. The van der Waals surface area contributed by atoms with E-state index in [9.17, 15) is 9.59 Å². The van der Waals surface area contributed by atoms with Crippen molar-refractivity contribution in [3.05, 3.63) is 70.7 Å². The van der Waals surface area contributed by atoms with Crippen LogP contribution in [0.2, 0.25) is 5.02 Å². The van der Waals surface area contributed by atoms with Gasteiger partial charge in [-0.2, -0.15) is 0 Å². The maximum Gasteiger partial charge on any atom is 0.239 e. The predicted octanol–water partition coefficient (Wildman–Crippen LogP) is 2.88. The molecule has 2 N–H and O–H groups in total. The Morgan fingerprint density at radius 3 is 2.42 bits per heavy atom. The van der Waals surface area contributed by atoms with Crippen molar-refractivity contribution in [2.45, 2.75) is 18.9 Å². The monoisotopic (exact) mass is 342 g/mol. The minimum Gasteiger partial charge on any atom is -0.350 e. The molecule has 1 saturated carbocycles. The van der Waals surface area contributed by atoms with Gasteiger partial charge >= 0.3 is 0 Å². The van der Waals surface area contributed by atoms with Crippen LogP contribution >= 0.6 is 11.6 Å². The molecule has 4 nitrogen and oxygen atoms in total. The van der Waals surface area contributed by atoms with Crippen LogP contribution < -0.4 is 10.6 Å². The van der Waals surface area contributed by atoms with E-state index >= 15 is 0 Å². The summed E-state index contributed by atoms with van der Waals surface area (Å²) in [7, 11) is 0. The normalized spacial score (nSPS) is 18.7. The number of nitrogens with one attached hydrogen (secondary N) is 2. The fourth-order valence-electron chi connectivity index (χ4n) is 2.72. The van der Waals surface area contributed by atoms with E-state index in [-0.39, 0.29) is 30.2 Å². The molecule has 2 amide bonds. The highest BCUT2D eigenvalue weighted by Gasteiger charge is 2.43. The number of benzene rings is 2. The molecule has 1 aliphatic carbocycles. The van der Waals surface area contributed by atoms with Crippen LogP contribution in [0.1, 0.15) is 23.5 Å². The van der Waals surface area contributed by atoms with Gasteiger partial charge in [-0.1, -0.05) is 54.1 Å². The molecule has 5 heteroatoms. The second kappa shape index (κ2) is 7.49. The van der Waals surface area contributed by atoms with Crippen molar-refractivity contribution in [3.8, 4) is 0 Å². The van der Waals surface area contributed by atoms with E-state index in [2.05, 4.69) is 10.6 Å². The first-order valence-corrected chi connectivity index (χ1v) is 8.35. The molecule has 1 fully saturated rings. The third-order valence-corrected chi connectivity index (χ3v) is 4.43.